The zero-order valence-corrected chi connectivity index (χ0v) is 10.9. The van der Waals surface area contributed by atoms with Crippen LogP contribution in [0.5, 0.6) is 5.75 Å². The molecule has 0 heterocycles. The van der Waals surface area contributed by atoms with Gasteiger partial charge in [-0.25, -0.2) is 0 Å². The topological polar surface area (TPSA) is 20.2 Å². The first-order valence-electron chi connectivity index (χ1n) is 4.67. The van der Waals surface area contributed by atoms with Gasteiger partial charge in [-0.2, -0.15) is 0 Å². The molecule has 2 aromatic carbocycles. The molecule has 0 saturated heterocycles. The maximum absolute atomic E-state index is 9.57. The van der Waals surface area contributed by atoms with Crippen molar-refractivity contribution >= 4 is 0 Å². The molecule has 15 heavy (non-hydrogen) atoms. The number of phenols is 1. The van der Waals surface area contributed by atoms with Gasteiger partial charge in [-0.05, 0) is 17.2 Å². The molecular formula is C13H13NaO. The van der Waals surface area contributed by atoms with Crippen molar-refractivity contribution in [2.24, 2.45) is 0 Å². The van der Waals surface area contributed by atoms with Crippen LogP contribution in [0.15, 0.2) is 54.6 Å². The second-order valence-corrected chi connectivity index (χ2v) is 3.29. The Bertz CT molecular complexity index is 417. The van der Waals surface area contributed by atoms with Crippen LogP contribution in [0.1, 0.15) is 12.6 Å². The Morgan fingerprint density at radius 2 is 1.47 bits per heavy atom. The summed E-state index contributed by atoms with van der Waals surface area (Å²) in [6.45, 7) is 0. The monoisotopic (exact) mass is 208 g/mol. The Labute approximate surface area is 114 Å². The Morgan fingerprint density at radius 3 is 2.13 bits per heavy atom. The van der Waals surface area contributed by atoms with Gasteiger partial charge in [0, 0.05) is 6.42 Å². The van der Waals surface area contributed by atoms with E-state index in [4.69, 9.17) is 0 Å². The standard InChI is InChI=1S/C13H12O.Na.H/c14-13-9-5-4-8-12(13)10-11-6-2-1-3-7-11;;/h1-9,14H,10H2;;/q;+1;-1. The molecule has 0 saturated carbocycles. The zero-order valence-electron chi connectivity index (χ0n) is 9.85. The van der Waals surface area contributed by atoms with Gasteiger partial charge in [0.05, 0.1) is 0 Å². The van der Waals surface area contributed by atoms with Gasteiger partial charge >= 0.3 is 29.6 Å². The third-order valence-corrected chi connectivity index (χ3v) is 2.23. The number of benzene rings is 2. The summed E-state index contributed by atoms with van der Waals surface area (Å²) in [7, 11) is 0. The number of para-hydroxylation sites is 1. The molecule has 72 valence electrons. The van der Waals surface area contributed by atoms with E-state index in [1.54, 1.807) is 6.07 Å². The molecule has 0 spiro atoms. The molecule has 0 aromatic heterocycles. The van der Waals surface area contributed by atoms with Crippen LogP contribution in [0.25, 0.3) is 0 Å². The van der Waals surface area contributed by atoms with Crippen molar-refractivity contribution in [2.75, 3.05) is 0 Å². The van der Waals surface area contributed by atoms with Crippen LogP contribution < -0.4 is 29.6 Å². The number of aromatic hydroxyl groups is 1. The van der Waals surface area contributed by atoms with Crippen LogP contribution in [0.3, 0.4) is 0 Å². The number of phenolic OH excluding ortho intramolecular Hbond substituents is 1. The van der Waals surface area contributed by atoms with Gasteiger partial charge in [-0.15, -0.1) is 0 Å². The van der Waals surface area contributed by atoms with E-state index in [2.05, 4.69) is 12.1 Å². The first-order valence-corrected chi connectivity index (χ1v) is 4.67. The van der Waals surface area contributed by atoms with Crippen molar-refractivity contribution < 1.29 is 36.1 Å². The predicted octanol–water partition coefficient (Wildman–Crippen LogP) is 0.0995. The van der Waals surface area contributed by atoms with Gasteiger partial charge < -0.3 is 6.53 Å². The summed E-state index contributed by atoms with van der Waals surface area (Å²) in [6, 6.07) is 17.6. The Morgan fingerprint density at radius 1 is 0.867 bits per heavy atom. The minimum absolute atomic E-state index is 0. The molecule has 2 rings (SSSR count). The summed E-state index contributed by atoms with van der Waals surface area (Å²) in [5, 5.41) is 9.57. The van der Waals surface area contributed by atoms with Crippen molar-refractivity contribution in [1.82, 2.24) is 0 Å². The van der Waals surface area contributed by atoms with Crippen LogP contribution >= 0.6 is 0 Å². The van der Waals surface area contributed by atoms with Crippen molar-refractivity contribution in [3.63, 3.8) is 0 Å². The normalized spacial score (nSPS) is 9.33. The molecule has 0 bridgehead atoms. The van der Waals surface area contributed by atoms with E-state index in [-0.39, 0.29) is 31.0 Å². The minimum atomic E-state index is 0. The van der Waals surface area contributed by atoms with Gasteiger partial charge in [-0.3, -0.25) is 0 Å². The third kappa shape index (κ3) is 3.38. The fraction of sp³-hybridized carbons (Fsp3) is 0.0769. The van der Waals surface area contributed by atoms with E-state index in [0.717, 1.165) is 12.0 Å². The van der Waals surface area contributed by atoms with E-state index in [1.807, 2.05) is 36.4 Å². The minimum Gasteiger partial charge on any atom is -1.00 e. The zero-order chi connectivity index (χ0) is 9.80. The van der Waals surface area contributed by atoms with Gasteiger partial charge in [0.2, 0.25) is 0 Å². The van der Waals surface area contributed by atoms with E-state index >= 15 is 0 Å². The molecule has 0 unspecified atom stereocenters. The molecule has 1 nitrogen and oxygen atoms in total. The predicted molar refractivity (Wildman–Crippen MR) is 58.5 cm³/mol. The van der Waals surface area contributed by atoms with Crippen molar-refractivity contribution in [3.8, 4) is 5.75 Å². The van der Waals surface area contributed by atoms with E-state index in [0.29, 0.717) is 5.75 Å². The van der Waals surface area contributed by atoms with Crippen LogP contribution in [0.2, 0.25) is 0 Å². The molecule has 0 fully saturated rings. The first-order chi connectivity index (χ1) is 6.86. The second-order valence-electron chi connectivity index (χ2n) is 3.29. The molecular weight excluding hydrogens is 195 g/mol. The molecule has 0 aliphatic carbocycles. The van der Waals surface area contributed by atoms with Crippen LogP contribution in [-0.2, 0) is 6.42 Å². The van der Waals surface area contributed by atoms with Crippen molar-refractivity contribution in [2.45, 2.75) is 6.42 Å². The van der Waals surface area contributed by atoms with Crippen LogP contribution in [-0.4, -0.2) is 5.11 Å². The van der Waals surface area contributed by atoms with Gasteiger partial charge in [0.1, 0.15) is 5.75 Å². The summed E-state index contributed by atoms with van der Waals surface area (Å²) >= 11 is 0. The average molecular weight is 208 g/mol. The van der Waals surface area contributed by atoms with E-state index < -0.39 is 0 Å². The summed E-state index contributed by atoms with van der Waals surface area (Å²) in [5.41, 5.74) is 2.19. The fourth-order valence-corrected chi connectivity index (χ4v) is 1.48. The molecule has 2 heteroatoms. The first kappa shape index (κ1) is 12.3. The maximum Gasteiger partial charge on any atom is 1.00 e. The van der Waals surface area contributed by atoms with E-state index in [9.17, 15) is 5.11 Å². The summed E-state index contributed by atoms with van der Waals surface area (Å²) in [5.74, 6) is 0.372. The summed E-state index contributed by atoms with van der Waals surface area (Å²) in [6.07, 6.45) is 0.785. The molecule has 0 amide bonds. The van der Waals surface area contributed by atoms with Gasteiger partial charge in [0.25, 0.3) is 0 Å². The fourth-order valence-electron chi connectivity index (χ4n) is 1.48. The summed E-state index contributed by atoms with van der Waals surface area (Å²) in [4.78, 5) is 0. The Balaban J connectivity index is 0.00000112. The van der Waals surface area contributed by atoms with Gasteiger partial charge in [0.15, 0.2) is 0 Å². The van der Waals surface area contributed by atoms with Crippen LogP contribution in [0.4, 0.5) is 0 Å². The summed E-state index contributed by atoms with van der Waals surface area (Å²) < 4.78 is 0. The Hall–Kier alpha value is -0.760. The molecule has 0 atom stereocenters. The van der Waals surface area contributed by atoms with Crippen molar-refractivity contribution in [3.05, 3.63) is 65.7 Å². The Kier molecular flexibility index (Phi) is 4.89. The quantitative estimate of drug-likeness (QED) is 0.694. The number of rotatable bonds is 2. The van der Waals surface area contributed by atoms with E-state index in [1.165, 1.54) is 5.56 Å². The largest absolute Gasteiger partial charge is 1.00 e. The van der Waals surface area contributed by atoms with Crippen LogP contribution in [0, 0.1) is 0 Å². The average Bonchev–Trinajstić information content (AvgIpc) is 2.23. The molecule has 1 N–H and O–H groups in total. The molecule has 2 aromatic rings. The molecule has 0 aliphatic heterocycles. The maximum atomic E-state index is 9.57. The second kappa shape index (κ2) is 5.96. The third-order valence-electron chi connectivity index (χ3n) is 2.23. The number of hydrogen-bond acceptors (Lipinski definition) is 1. The number of hydrogen-bond donors (Lipinski definition) is 1. The molecule has 0 aliphatic rings. The van der Waals surface area contributed by atoms with Crippen molar-refractivity contribution in [1.29, 1.82) is 0 Å². The molecule has 0 radical (unpaired) electrons. The van der Waals surface area contributed by atoms with Gasteiger partial charge in [-0.1, -0.05) is 48.5 Å². The smallest absolute Gasteiger partial charge is 1.00 e. The SMILES string of the molecule is Oc1ccccc1Cc1ccccc1.[H-].[Na+].